The van der Waals surface area contributed by atoms with E-state index in [2.05, 4.69) is 31.0 Å². The summed E-state index contributed by atoms with van der Waals surface area (Å²) in [5.74, 6) is 0.989. The number of nitrogens with one attached hydrogen (secondary N) is 1. The fraction of sp³-hybridized carbons (Fsp3) is 1.00. The number of rotatable bonds is 4. The molecule has 0 bridgehead atoms. The van der Waals surface area contributed by atoms with Crippen molar-refractivity contribution >= 4 is 0 Å². The molecule has 2 aliphatic rings. The molecular formula is C15H30N2. The maximum absolute atomic E-state index is 3.71. The Balaban J connectivity index is 1.92. The Labute approximate surface area is 107 Å². The van der Waals surface area contributed by atoms with Crippen LogP contribution in [0.25, 0.3) is 0 Å². The SMILES string of the molecule is CCCC1CNC(C)(C)CN1CC1CCCC1. The fourth-order valence-corrected chi connectivity index (χ4v) is 3.57. The van der Waals surface area contributed by atoms with Gasteiger partial charge in [-0.05, 0) is 39.0 Å². The van der Waals surface area contributed by atoms with Gasteiger partial charge in [-0.15, -0.1) is 0 Å². The number of hydrogen-bond acceptors (Lipinski definition) is 2. The molecule has 1 aliphatic carbocycles. The van der Waals surface area contributed by atoms with Crippen molar-refractivity contribution in [3.05, 3.63) is 0 Å². The number of hydrogen-bond donors (Lipinski definition) is 1. The average molecular weight is 238 g/mol. The second kappa shape index (κ2) is 5.71. The lowest BCUT2D eigenvalue weighted by Crippen LogP contribution is -2.62. The zero-order valence-corrected chi connectivity index (χ0v) is 12.0. The lowest BCUT2D eigenvalue weighted by atomic mass is 9.95. The Morgan fingerprint density at radius 3 is 2.59 bits per heavy atom. The molecular weight excluding hydrogens is 208 g/mol. The van der Waals surface area contributed by atoms with Gasteiger partial charge < -0.3 is 5.32 Å². The average Bonchev–Trinajstić information content (AvgIpc) is 2.74. The molecule has 1 N–H and O–H groups in total. The molecule has 0 aromatic heterocycles. The highest BCUT2D eigenvalue weighted by Crippen LogP contribution is 2.28. The number of nitrogens with zero attached hydrogens (tertiary/aromatic N) is 1. The summed E-state index contributed by atoms with van der Waals surface area (Å²) in [5, 5.41) is 3.71. The third-order valence-corrected chi connectivity index (χ3v) is 4.52. The van der Waals surface area contributed by atoms with Gasteiger partial charge in [-0.3, -0.25) is 4.90 Å². The first-order valence-corrected chi connectivity index (χ1v) is 7.60. The zero-order valence-electron chi connectivity index (χ0n) is 12.0. The summed E-state index contributed by atoms with van der Waals surface area (Å²) < 4.78 is 0. The van der Waals surface area contributed by atoms with Crippen LogP contribution in [0.3, 0.4) is 0 Å². The molecule has 2 heteroatoms. The van der Waals surface area contributed by atoms with Gasteiger partial charge in [-0.2, -0.15) is 0 Å². The van der Waals surface area contributed by atoms with E-state index >= 15 is 0 Å². The van der Waals surface area contributed by atoms with Gasteiger partial charge in [0.1, 0.15) is 0 Å². The van der Waals surface area contributed by atoms with E-state index in [0.29, 0.717) is 5.54 Å². The third-order valence-electron chi connectivity index (χ3n) is 4.52. The first kappa shape index (κ1) is 13.4. The minimum absolute atomic E-state index is 0.308. The van der Waals surface area contributed by atoms with Crippen LogP contribution in [-0.4, -0.2) is 36.1 Å². The van der Waals surface area contributed by atoms with E-state index < -0.39 is 0 Å². The van der Waals surface area contributed by atoms with E-state index in [0.717, 1.165) is 12.0 Å². The van der Waals surface area contributed by atoms with Crippen LogP contribution in [0, 0.1) is 5.92 Å². The second-order valence-electron chi connectivity index (χ2n) is 6.79. The molecule has 1 atom stereocenters. The standard InChI is InChI=1S/C15H30N2/c1-4-7-14-10-16-15(2,3)12-17(14)11-13-8-5-6-9-13/h13-14,16H,4-12H2,1-3H3. The van der Waals surface area contributed by atoms with Crippen molar-refractivity contribution in [1.29, 1.82) is 0 Å². The Kier molecular flexibility index (Phi) is 4.48. The van der Waals surface area contributed by atoms with E-state index in [1.807, 2.05) is 0 Å². The van der Waals surface area contributed by atoms with Gasteiger partial charge >= 0.3 is 0 Å². The highest BCUT2D eigenvalue weighted by atomic mass is 15.2. The molecule has 0 aromatic carbocycles. The van der Waals surface area contributed by atoms with Crippen LogP contribution in [0.1, 0.15) is 59.3 Å². The van der Waals surface area contributed by atoms with Gasteiger partial charge in [-0.25, -0.2) is 0 Å². The normalized spacial score (nSPS) is 30.9. The molecule has 17 heavy (non-hydrogen) atoms. The van der Waals surface area contributed by atoms with Crippen molar-refractivity contribution in [2.45, 2.75) is 70.9 Å². The zero-order chi connectivity index (χ0) is 12.3. The van der Waals surface area contributed by atoms with E-state index in [4.69, 9.17) is 0 Å². The Hall–Kier alpha value is -0.0800. The second-order valence-corrected chi connectivity index (χ2v) is 6.79. The van der Waals surface area contributed by atoms with Crippen LogP contribution < -0.4 is 5.32 Å². The molecule has 2 rings (SSSR count). The van der Waals surface area contributed by atoms with Crippen LogP contribution in [0.5, 0.6) is 0 Å². The molecule has 0 spiro atoms. The van der Waals surface area contributed by atoms with Gasteiger partial charge in [-0.1, -0.05) is 26.2 Å². The van der Waals surface area contributed by atoms with Crippen LogP contribution >= 0.6 is 0 Å². The smallest absolute Gasteiger partial charge is 0.0252 e. The van der Waals surface area contributed by atoms with Crippen LogP contribution in [0.4, 0.5) is 0 Å². The molecule has 1 unspecified atom stereocenters. The lowest BCUT2D eigenvalue weighted by Gasteiger charge is -2.45. The Bertz CT molecular complexity index is 231. The fourth-order valence-electron chi connectivity index (χ4n) is 3.57. The van der Waals surface area contributed by atoms with Gasteiger partial charge in [0.2, 0.25) is 0 Å². The summed E-state index contributed by atoms with van der Waals surface area (Å²) in [6, 6.07) is 0.786. The summed E-state index contributed by atoms with van der Waals surface area (Å²) in [6.07, 6.45) is 8.56. The topological polar surface area (TPSA) is 15.3 Å². The molecule has 1 saturated carbocycles. The van der Waals surface area contributed by atoms with Crippen molar-refractivity contribution < 1.29 is 0 Å². The predicted molar refractivity (Wildman–Crippen MR) is 74.3 cm³/mol. The van der Waals surface area contributed by atoms with Gasteiger partial charge in [0, 0.05) is 31.2 Å². The molecule has 2 fully saturated rings. The quantitative estimate of drug-likeness (QED) is 0.810. The van der Waals surface area contributed by atoms with Crippen LogP contribution in [0.2, 0.25) is 0 Å². The van der Waals surface area contributed by atoms with Gasteiger partial charge in [0.25, 0.3) is 0 Å². The minimum Gasteiger partial charge on any atom is -0.309 e. The monoisotopic (exact) mass is 238 g/mol. The van der Waals surface area contributed by atoms with Crippen molar-refractivity contribution in [2.75, 3.05) is 19.6 Å². The van der Waals surface area contributed by atoms with Crippen LogP contribution in [0.15, 0.2) is 0 Å². The van der Waals surface area contributed by atoms with E-state index in [1.54, 1.807) is 0 Å². The molecule has 2 nitrogen and oxygen atoms in total. The summed E-state index contributed by atoms with van der Waals surface area (Å²) in [5.41, 5.74) is 0.308. The molecule has 0 radical (unpaired) electrons. The maximum Gasteiger partial charge on any atom is 0.0252 e. The summed E-state index contributed by atoms with van der Waals surface area (Å²) in [7, 11) is 0. The molecule has 1 heterocycles. The van der Waals surface area contributed by atoms with Crippen molar-refractivity contribution in [3.8, 4) is 0 Å². The Morgan fingerprint density at radius 1 is 1.24 bits per heavy atom. The lowest BCUT2D eigenvalue weighted by molar-refractivity contribution is 0.0746. The molecule has 1 aliphatic heterocycles. The van der Waals surface area contributed by atoms with E-state index in [9.17, 15) is 0 Å². The Morgan fingerprint density at radius 2 is 1.94 bits per heavy atom. The third kappa shape index (κ3) is 3.69. The molecule has 0 amide bonds. The van der Waals surface area contributed by atoms with E-state index in [1.165, 1.54) is 58.2 Å². The highest BCUT2D eigenvalue weighted by molar-refractivity contribution is 4.93. The molecule has 0 aromatic rings. The first-order valence-electron chi connectivity index (χ1n) is 7.60. The maximum atomic E-state index is 3.71. The van der Waals surface area contributed by atoms with Crippen LogP contribution in [-0.2, 0) is 0 Å². The van der Waals surface area contributed by atoms with Crippen molar-refractivity contribution in [1.82, 2.24) is 10.2 Å². The molecule has 1 saturated heterocycles. The highest BCUT2D eigenvalue weighted by Gasteiger charge is 2.33. The summed E-state index contributed by atoms with van der Waals surface area (Å²) in [4.78, 5) is 2.79. The van der Waals surface area contributed by atoms with E-state index in [-0.39, 0.29) is 0 Å². The minimum atomic E-state index is 0.308. The molecule has 100 valence electrons. The first-order chi connectivity index (χ1) is 8.11. The summed E-state index contributed by atoms with van der Waals surface area (Å²) in [6.45, 7) is 10.8. The van der Waals surface area contributed by atoms with Gasteiger partial charge in [0.15, 0.2) is 0 Å². The van der Waals surface area contributed by atoms with Gasteiger partial charge in [0.05, 0.1) is 0 Å². The number of piperazine rings is 1. The predicted octanol–water partition coefficient (Wildman–Crippen LogP) is 3.03. The summed E-state index contributed by atoms with van der Waals surface area (Å²) >= 11 is 0. The van der Waals surface area contributed by atoms with Crippen molar-refractivity contribution in [3.63, 3.8) is 0 Å². The largest absolute Gasteiger partial charge is 0.309 e. The van der Waals surface area contributed by atoms with Crippen molar-refractivity contribution in [2.24, 2.45) is 5.92 Å².